The molecule has 0 unspecified atom stereocenters. The number of ketones is 1. The Kier molecular flexibility index (Phi) is 4.80. The minimum atomic E-state index is 0.210. The molecule has 0 N–H and O–H groups in total. The van der Waals surface area contributed by atoms with E-state index in [4.69, 9.17) is 0 Å². The molecule has 0 amide bonds. The van der Waals surface area contributed by atoms with E-state index in [0.717, 1.165) is 16.9 Å². The fraction of sp³-hybridized carbons (Fsp3) is 0.235. The lowest BCUT2D eigenvalue weighted by Gasteiger charge is -2.05. The van der Waals surface area contributed by atoms with Gasteiger partial charge in [0.15, 0.2) is 5.78 Å². The smallest absolute Gasteiger partial charge is 0.172 e. The van der Waals surface area contributed by atoms with Crippen LogP contribution in [0.3, 0.4) is 0 Å². The highest BCUT2D eigenvalue weighted by Crippen LogP contribution is 2.17. The summed E-state index contributed by atoms with van der Waals surface area (Å²) in [5, 5.41) is 0. The van der Waals surface area contributed by atoms with E-state index in [9.17, 15) is 4.79 Å². The molecule has 0 heterocycles. The molecule has 0 aliphatic heterocycles. The molecular weight excluding hydrogens is 252 g/mol. The van der Waals surface area contributed by atoms with Crippen molar-refractivity contribution in [3.63, 3.8) is 0 Å². The van der Waals surface area contributed by atoms with Crippen molar-refractivity contribution in [2.24, 2.45) is 0 Å². The molecule has 1 nitrogen and oxygen atoms in total. The minimum Gasteiger partial charge on any atom is -0.293 e. The van der Waals surface area contributed by atoms with Crippen LogP contribution in [0.25, 0.3) is 0 Å². The third kappa shape index (κ3) is 3.97. The number of thioether (sulfide) groups is 1. The molecule has 0 spiro atoms. The predicted octanol–water partition coefficient (Wildman–Crippen LogP) is 4.42. The molecule has 0 radical (unpaired) electrons. The van der Waals surface area contributed by atoms with Crippen LogP contribution in [-0.4, -0.2) is 11.5 Å². The van der Waals surface area contributed by atoms with Gasteiger partial charge in [-0.1, -0.05) is 48.0 Å². The highest BCUT2D eigenvalue weighted by atomic mass is 32.2. The topological polar surface area (TPSA) is 17.1 Å². The Balaban J connectivity index is 1.90. The molecule has 0 atom stereocenters. The van der Waals surface area contributed by atoms with Crippen LogP contribution in [0.4, 0.5) is 0 Å². The number of carbonyl (C=O) groups is 1. The van der Waals surface area contributed by atoms with Gasteiger partial charge in [0.05, 0.1) is 5.75 Å². The third-order valence-corrected chi connectivity index (χ3v) is 4.07. The van der Waals surface area contributed by atoms with E-state index < -0.39 is 0 Å². The van der Waals surface area contributed by atoms with Gasteiger partial charge in [-0.05, 0) is 31.0 Å². The predicted molar refractivity (Wildman–Crippen MR) is 82.9 cm³/mol. The molecule has 19 heavy (non-hydrogen) atoms. The van der Waals surface area contributed by atoms with Crippen LogP contribution >= 0.6 is 11.8 Å². The summed E-state index contributed by atoms with van der Waals surface area (Å²) in [5.41, 5.74) is 4.55. The summed E-state index contributed by atoms with van der Waals surface area (Å²) < 4.78 is 0. The van der Waals surface area contributed by atoms with Gasteiger partial charge in [-0.25, -0.2) is 0 Å². The van der Waals surface area contributed by atoms with E-state index in [1.54, 1.807) is 11.8 Å². The zero-order chi connectivity index (χ0) is 13.7. The van der Waals surface area contributed by atoms with Crippen LogP contribution in [0.15, 0.2) is 48.5 Å². The molecule has 98 valence electrons. The molecule has 0 aliphatic carbocycles. The average Bonchev–Trinajstić information content (AvgIpc) is 2.41. The number of benzene rings is 2. The molecule has 2 rings (SSSR count). The average molecular weight is 270 g/mol. The van der Waals surface area contributed by atoms with E-state index in [1.165, 1.54) is 11.1 Å². The second-order valence-electron chi connectivity index (χ2n) is 4.71. The number of rotatable bonds is 5. The van der Waals surface area contributed by atoms with Gasteiger partial charge < -0.3 is 0 Å². The SMILES string of the molecule is Cc1cccc(C(=O)CSCc2ccccc2C)c1. The molecule has 0 bridgehead atoms. The van der Waals surface area contributed by atoms with Gasteiger partial charge in [-0.15, -0.1) is 11.8 Å². The summed E-state index contributed by atoms with van der Waals surface area (Å²) in [5.74, 6) is 1.64. The Morgan fingerprint density at radius 2 is 1.84 bits per heavy atom. The first-order chi connectivity index (χ1) is 9.16. The number of hydrogen-bond acceptors (Lipinski definition) is 2. The lowest BCUT2D eigenvalue weighted by molar-refractivity contribution is 0.102. The van der Waals surface area contributed by atoms with Crippen LogP contribution in [0, 0.1) is 13.8 Å². The minimum absolute atomic E-state index is 0.210. The summed E-state index contributed by atoms with van der Waals surface area (Å²) in [6, 6.07) is 16.1. The number of Topliss-reactive ketones (excluding diaryl/α,β-unsaturated/α-hetero) is 1. The van der Waals surface area contributed by atoms with Crippen molar-refractivity contribution in [2.45, 2.75) is 19.6 Å². The van der Waals surface area contributed by atoms with Crippen LogP contribution < -0.4 is 0 Å². The van der Waals surface area contributed by atoms with E-state index >= 15 is 0 Å². The largest absolute Gasteiger partial charge is 0.293 e. The normalized spacial score (nSPS) is 10.4. The van der Waals surface area contributed by atoms with Crippen LogP contribution in [0.2, 0.25) is 0 Å². The van der Waals surface area contributed by atoms with Gasteiger partial charge in [0, 0.05) is 11.3 Å². The van der Waals surface area contributed by atoms with E-state index in [1.807, 2.05) is 43.3 Å². The van der Waals surface area contributed by atoms with Crippen molar-refractivity contribution in [3.05, 3.63) is 70.8 Å². The summed E-state index contributed by atoms with van der Waals surface area (Å²) in [6.07, 6.45) is 0. The lowest BCUT2D eigenvalue weighted by atomic mass is 10.1. The van der Waals surface area contributed by atoms with Crippen molar-refractivity contribution >= 4 is 17.5 Å². The molecule has 0 saturated heterocycles. The quantitative estimate of drug-likeness (QED) is 0.748. The van der Waals surface area contributed by atoms with Gasteiger partial charge >= 0.3 is 0 Å². The first kappa shape index (κ1) is 13.9. The van der Waals surface area contributed by atoms with E-state index in [-0.39, 0.29) is 5.78 Å². The fourth-order valence-corrected chi connectivity index (χ4v) is 2.93. The second kappa shape index (κ2) is 6.58. The molecule has 0 saturated carbocycles. The monoisotopic (exact) mass is 270 g/mol. The Labute approximate surface area is 119 Å². The second-order valence-corrected chi connectivity index (χ2v) is 5.70. The van der Waals surface area contributed by atoms with Crippen molar-refractivity contribution in [1.82, 2.24) is 0 Å². The highest BCUT2D eigenvalue weighted by Gasteiger charge is 2.06. The zero-order valence-corrected chi connectivity index (χ0v) is 12.2. The van der Waals surface area contributed by atoms with Crippen LogP contribution in [-0.2, 0) is 5.75 Å². The number of hydrogen-bond donors (Lipinski definition) is 0. The summed E-state index contributed by atoms with van der Waals surface area (Å²) in [7, 11) is 0. The summed E-state index contributed by atoms with van der Waals surface area (Å²) in [6.45, 7) is 4.12. The Morgan fingerprint density at radius 1 is 1.05 bits per heavy atom. The summed E-state index contributed by atoms with van der Waals surface area (Å²) in [4.78, 5) is 12.1. The van der Waals surface area contributed by atoms with E-state index in [0.29, 0.717) is 5.75 Å². The van der Waals surface area contributed by atoms with Gasteiger partial charge in [0.25, 0.3) is 0 Å². The van der Waals surface area contributed by atoms with E-state index in [2.05, 4.69) is 19.1 Å². The molecule has 0 aromatic heterocycles. The number of carbonyl (C=O) groups excluding carboxylic acids is 1. The maximum atomic E-state index is 12.1. The number of aryl methyl sites for hydroxylation is 2. The molecule has 0 fully saturated rings. The maximum absolute atomic E-state index is 12.1. The molecular formula is C17H18OS. The Bertz CT molecular complexity index is 575. The lowest BCUT2D eigenvalue weighted by Crippen LogP contribution is -2.03. The van der Waals surface area contributed by atoms with Crippen molar-refractivity contribution in [1.29, 1.82) is 0 Å². The zero-order valence-electron chi connectivity index (χ0n) is 11.3. The van der Waals surface area contributed by atoms with Gasteiger partial charge in [0.2, 0.25) is 0 Å². The highest BCUT2D eigenvalue weighted by molar-refractivity contribution is 7.99. The third-order valence-electron chi connectivity index (χ3n) is 3.09. The summed E-state index contributed by atoms with van der Waals surface area (Å²) >= 11 is 1.68. The standard InChI is InChI=1S/C17H18OS/c1-13-6-5-9-15(10-13)17(18)12-19-11-16-8-4-3-7-14(16)2/h3-10H,11-12H2,1-2H3. The Hall–Kier alpha value is -1.54. The Morgan fingerprint density at radius 3 is 2.58 bits per heavy atom. The van der Waals surface area contributed by atoms with Gasteiger partial charge in [-0.3, -0.25) is 4.79 Å². The first-order valence-electron chi connectivity index (χ1n) is 6.39. The van der Waals surface area contributed by atoms with Crippen molar-refractivity contribution in [3.8, 4) is 0 Å². The molecule has 0 aliphatic rings. The van der Waals surface area contributed by atoms with Crippen LogP contribution in [0.1, 0.15) is 27.0 Å². The molecule has 2 heteroatoms. The molecule has 2 aromatic rings. The molecule has 2 aromatic carbocycles. The van der Waals surface area contributed by atoms with Crippen LogP contribution in [0.5, 0.6) is 0 Å². The first-order valence-corrected chi connectivity index (χ1v) is 7.54. The fourth-order valence-electron chi connectivity index (χ4n) is 1.93. The van der Waals surface area contributed by atoms with Crippen molar-refractivity contribution in [2.75, 3.05) is 5.75 Å². The van der Waals surface area contributed by atoms with Gasteiger partial charge in [-0.2, -0.15) is 0 Å². The maximum Gasteiger partial charge on any atom is 0.172 e. The van der Waals surface area contributed by atoms with Crippen molar-refractivity contribution < 1.29 is 4.79 Å². The van der Waals surface area contributed by atoms with Gasteiger partial charge in [0.1, 0.15) is 0 Å².